The van der Waals surface area contributed by atoms with Gasteiger partial charge in [0, 0.05) is 25.3 Å². The van der Waals surface area contributed by atoms with E-state index < -0.39 is 0 Å². The molecule has 0 saturated carbocycles. The van der Waals surface area contributed by atoms with Gasteiger partial charge in [-0.25, -0.2) is 0 Å². The third-order valence-corrected chi connectivity index (χ3v) is 4.38. The molecule has 0 bridgehead atoms. The summed E-state index contributed by atoms with van der Waals surface area (Å²) in [6.07, 6.45) is 0.377. The van der Waals surface area contributed by atoms with Crippen LogP contribution in [0.25, 0.3) is 0 Å². The highest BCUT2D eigenvalue weighted by Crippen LogP contribution is 2.19. The fourth-order valence-electron chi connectivity index (χ4n) is 2.91. The van der Waals surface area contributed by atoms with Gasteiger partial charge in [-0.3, -0.25) is 4.79 Å². The Hall–Kier alpha value is -2.49. The Labute approximate surface area is 150 Å². The van der Waals surface area contributed by atoms with Crippen molar-refractivity contribution in [3.05, 3.63) is 59.2 Å². The van der Waals surface area contributed by atoms with Crippen LogP contribution in [0.15, 0.2) is 42.5 Å². The first-order chi connectivity index (χ1) is 12.1. The standard InChI is InChI=1S/C21H28N2O2/c1-5-23(6-2)19-10-7-17(8-11-19)15-22-21(24)14-18-9-12-20(25-4)16(3)13-18/h7-13H,5-6,14-15H2,1-4H3,(H,22,24). The molecule has 0 aliphatic carbocycles. The number of nitrogens with zero attached hydrogens (tertiary/aromatic N) is 1. The van der Waals surface area contributed by atoms with Crippen molar-refractivity contribution < 1.29 is 9.53 Å². The Morgan fingerprint density at radius 2 is 1.68 bits per heavy atom. The summed E-state index contributed by atoms with van der Waals surface area (Å²) in [7, 11) is 1.65. The minimum Gasteiger partial charge on any atom is -0.496 e. The van der Waals surface area contributed by atoms with Crippen molar-refractivity contribution in [1.82, 2.24) is 5.32 Å². The lowest BCUT2D eigenvalue weighted by Gasteiger charge is -2.21. The molecule has 1 amide bonds. The van der Waals surface area contributed by atoms with E-state index in [-0.39, 0.29) is 5.91 Å². The van der Waals surface area contributed by atoms with Crippen LogP contribution in [0, 0.1) is 6.92 Å². The zero-order valence-corrected chi connectivity index (χ0v) is 15.6. The number of aryl methyl sites for hydroxylation is 1. The second-order valence-corrected chi connectivity index (χ2v) is 6.10. The predicted octanol–water partition coefficient (Wildman–Crippen LogP) is 3.71. The molecule has 0 fully saturated rings. The third kappa shape index (κ3) is 5.24. The Kier molecular flexibility index (Phi) is 6.87. The molecule has 4 heteroatoms. The summed E-state index contributed by atoms with van der Waals surface area (Å²) in [5.41, 5.74) is 4.36. The van der Waals surface area contributed by atoms with E-state index in [0.29, 0.717) is 13.0 Å². The summed E-state index contributed by atoms with van der Waals surface area (Å²) < 4.78 is 5.25. The van der Waals surface area contributed by atoms with Crippen molar-refractivity contribution in [2.24, 2.45) is 0 Å². The zero-order chi connectivity index (χ0) is 18.2. The van der Waals surface area contributed by atoms with Crippen LogP contribution in [0.4, 0.5) is 5.69 Å². The van der Waals surface area contributed by atoms with Crippen LogP contribution >= 0.6 is 0 Å². The molecule has 1 N–H and O–H groups in total. The van der Waals surface area contributed by atoms with Gasteiger partial charge in [0.1, 0.15) is 5.75 Å². The monoisotopic (exact) mass is 340 g/mol. The van der Waals surface area contributed by atoms with Crippen molar-refractivity contribution in [2.45, 2.75) is 33.7 Å². The Bertz CT molecular complexity index is 692. The minimum absolute atomic E-state index is 0.0254. The first kappa shape index (κ1) is 18.8. The molecule has 0 unspecified atom stereocenters. The highest BCUT2D eigenvalue weighted by molar-refractivity contribution is 5.78. The number of amides is 1. The van der Waals surface area contributed by atoms with E-state index in [4.69, 9.17) is 4.74 Å². The Morgan fingerprint density at radius 1 is 1.04 bits per heavy atom. The molecule has 0 atom stereocenters. The number of ether oxygens (including phenoxy) is 1. The lowest BCUT2D eigenvalue weighted by Crippen LogP contribution is -2.25. The maximum absolute atomic E-state index is 12.2. The maximum atomic E-state index is 12.2. The molecular weight excluding hydrogens is 312 g/mol. The number of carbonyl (C=O) groups excluding carboxylic acids is 1. The van der Waals surface area contributed by atoms with Crippen molar-refractivity contribution >= 4 is 11.6 Å². The van der Waals surface area contributed by atoms with Crippen LogP contribution in [0.2, 0.25) is 0 Å². The summed E-state index contributed by atoms with van der Waals surface area (Å²) in [6.45, 7) is 8.82. The minimum atomic E-state index is 0.0254. The average molecular weight is 340 g/mol. The van der Waals surface area contributed by atoms with Crippen molar-refractivity contribution in [3.63, 3.8) is 0 Å². The first-order valence-corrected chi connectivity index (χ1v) is 8.81. The van der Waals surface area contributed by atoms with Gasteiger partial charge in [-0.05, 0) is 55.7 Å². The second-order valence-electron chi connectivity index (χ2n) is 6.10. The van der Waals surface area contributed by atoms with E-state index in [1.165, 1.54) is 5.69 Å². The van der Waals surface area contributed by atoms with E-state index >= 15 is 0 Å². The molecule has 0 radical (unpaired) electrons. The van der Waals surface area contributed by atoms with E-state index in [1.807, 2.05) is 25.1 Å². The van der Waals surface area contributed by atoms with E-state index in [9.17, 15) is 4.79 Å². The number of nitrogens with one attached hydrogen (secondary N) is 1. The van der Waals surface area contributed by atoms with Gasteiger partial charge < -0.3 is 15.0 Å². The molecule has 0 heterocycles. The molecule has 2 aromatic carbocycles. The number of benzene rings is 2. The highest BCUT2D eigenvalue weighted by atomic mass is 16.5. The maximum Gasteiger partial charge on any atom is 0.224 e. The molecule has 4 nitrogen and oxygen atoms in total. The molecule has 2 rings (SSSR count). The number of hydrogen-bond donors (Lipinski definition) is 1. The fourth-order valence-corrected chi connectivity index (χ4v) is 2.91. The summed E-state index contributed by atoms with van der Waals surface area (Å²) >= 11 is 0. The summed E-state index contributed by atoms with van der Waals surface area (Å²) in [5.74, 6) is 0.870. The van der Waals surface area contributed by atoms with Crippen LogP contribution in [0.5, 0.6) is 5.75 Å². The van der Waals surface area contributed by atoms with Crippen molar-refractivity contribution in [3.8, 4) is 5.75 Å². The van der Waals surface area contributed by atoms with Crippen LogP contribution in [-0.4, -0.2) is 26.1 Å². The van der Waals surface area contributed by atoms with Crippen LogP contribution in [0.1, 0.15) is 30.5 Å². The molecule has 0 aromatic heterocycles. The second kappa shape index (κ2) is 9.11. The van der Waals surface area contributed by atoms with Gasteiger partial charge in [0.15, 0.2) is 0 Å². The molecule has 0 aliphatic heterocycles. The number of hydrogen-bond acceptors (Lipinski definition) is 3. The topological polar surface area (TPSA) is 41.6 Å². The van der Waals surface area contributed by atoms with Gasteiger partial charge in [-0.1, -0.05) is 24.3 Å². The Balaban J connectivity index is 1.88. The fraction of sp³-hybridized carbons (Fsp3) is 0.381. The number of rotatable bonds is 8. The third-order valence-electron chi connectivity index (χ3n) is 4.38. The van der Waals surface area contributed by atoms with Crippen LogP contribution < -0.4 is 15.0 Å². The molecule has 134 valence electrons. The molecule has 25 heavy (non-hydrogen) atoms. The van der Waals surface area contributed by atoms with Gasteiger partial charge in [0.25, 0.3) is 0 Å². The van der Waals surface area contributed by atoms with Gasteiger partial charge in [-0.2, -0.15) is 0 Å². The Morgan fingerprint density at radius 3 is 2.24 bits per heavy atom. The number of methoxy groups -OCH3 is 1. The van der Waals surface area contributed by atoms with Gasteiger partial charge in [-0.15, -0.1) is 0 Å². The smallest absolute Gasteiger partial charge is 0.224 e. The van der Waals surface area contributed by atoms with Gasteiger partial charge in [0.2, 0.25) is 5.91 Å². The molecular formula is C21H28N2O2. The van der Waals surface area contributed by atoms with E-state index in [0.717, 1.165) is 35.5 Å². The quantitative estimate of drug-likeness (QED) is 0.796. The molecule has 0 saturated heterocycles. The van der Waals surface area contributed by atoms with Crippen molar-refractivity contribution in [1.29, 1.82) is 0 Å². The molecule has 0 aliphatic rings. The van der Waals surface area contributed by atoms with Crippen LogP contribution in [-0.2, 0) is 17.8 Å². The van der Waals surface area contributed by atoms with Crippen LogP contribution in [0.3, 0.4) is 0 Å². The first-order valence-electron chi connectivity index (χ1n) is 8.81. The zero-order valence-electron chi connectivity index (χ0n) is 15.6. The van der Waals surface area contributed by atoms with E-state index in [2.05, 4.69) is 48.3 Å². The lowest BCUT2D eigenvalue weighted by atomic mass is 10.1. The molecule has 2 aromatic rings. The van der Waals surface area contributed by atoms with Gasteiger partial charge >= 0.3 is 0 Å². The molecule has 0 spiro atoms. The van der Waals surface area contributed by atoms with Crippen molar-refractivity contribution in [2.75, 3.05) is 25.1 Å². The predicted molar refractivity (Wildman–Crippen MR) is 103 cm³/mol. The summed E-state index contributed by atoms with van der Waals surface area (Å²) in [5, 5.41) is 2.99. The normalized spacial score (nSPS) is 10.4. The number of carbonyl (C=O) groups is 1. The SMILES string of the molecule is CCN(CC)c1ccc(CNC(=O)Cc2ccc(OC)c(C)c2)cc1. The highest BCUT2D eigenvalue weighted by Gasteiger charge is 2.06. The lowest BCUT2D eigenvalue weighted by molar-refractivity contribution is -0.120. The summed E-state index contributed by atoms with van der Waals surface area (Å²) in [4.78, 5) is 14.5. The van der Waals surface area contributed by atoms with E-state index in [1.54, 1.807) is 7.11 Å². The average Bonchev–Trinajstić information content (AvgIpc) is 2.62. The number of anilines is 1. The van der Waals surface area contributed by atoms with Gasteiger partial charge in [0.05, 0.1) is 13.5 Å². The summed E-state index contributed by atoms with van der Waals surface area (Å²) in [6, 6.07) is 14.2. The largest absolute Gasteiger partial charge is 0.496 e.